The molecule has 0 bridgehead atoms. The average Bonchev–Trinajstić information content (AvgIpc) is 2.35. The first-order valence-electron chi connectivity index (χ1n) is 5.93. The summed E-state index contributed by atoms with van der Waals surface area (Å²) >= 11 is 0. The van der Waals surface area contributed by atoms with Gasteiger partial charge in [-0.1, -0.05) is 6.08 Å². The van der Waals surface area contributed by atoms with E-state index in [0.717, 1.165) is 5.06 Å². The van der Waals surface area contributed by atoms with Crippen LogP contribution < -0.4 is 5.32 Å². The summed E-state index contributed by atoms with van der Waals surface area (Å²) in [5.74, 6) is -3.02. The van der Waals surface area contributed by atoms with Gasteiger partial charge >= 0.3 is 12.1 Å². The average molecular weight is 296 g/mol. The lowest BCUT2D eigenvalue weighted by Gasteiger charge is -2.24. The molecule has 0 aliphatic heterocycles. The van der Waals surface area contributed by atoms with E-state index in [1.54, 1.807) is 0 Å². The minimum absolute atomic E-state index is 0.0559. The first-order valence-corrected chi connectivity index (χ1v) is 5.93. The van der Waals surface area contributed by atoms with Gasteiger partial charge in [-0.2, -0.15) is 13.2 Å². The van der Waals surface area contributed by atoms with Crippen LogP contribution in [0.4, 0.5) is 13.2 Å². The molecule has 20 heavy (non-hydrogen) atoms. The lowest BCUT2D eigenvalue weighted by molar-refractivity contribution is -0.176. The Morgan fingerprint density at radius 3 is 2.40 bits per heavy atom. The molecule has 1 N–H and O–H groups in total. The van der Waals surface area contributed by atoms with Crippen LogP contribution in [0.3, 0.4) is 0 Å². The third kappa shape index (κ3) is 6.05. The monoisotopic (exact) mass is 296 g/mol. The van der Waals surface area contributed by atoms with Gasteiger partial charge in [0.1, 0.15) is 0 Å². The molecule has 0 aromatic carbocycles. The van der Waals surface area contributed by atoms with E-state index in [9.17, 15) is 22.8 Å². The molecule has 0 saturated heterocycles. The topological polar surface area (TPSA) is 58.6 Å². The Hall–Kier alpha value is -1.57. The number of alkyl halides is 3. The predicted molar refractivity (Wildman–Crippen MR) is 66.4 cm³/mol. The summed E-state index contributed by atoms with van der Waals surface area (Å²) < 4.78 is 36.3. The van der Waals surface area contributed by atoms with Crippen molar-refractivity contribution in [3.05, 3.63) is 12.7 Å². The number of nitrogens with zero attached hydrogens (tertiary/aromatic N) is 1. The van der Waals surface area contributed by atoms with Crippen molar-refractivity contribution in [2.24, 2.45) is 5.92 Å². The normalized spacial score (nSPS) is 14.3. The van der Waals surface area contributed by atoms with Gasteiger partial charge in [0.25, 0.3) is 0 Å². The van der Waals surface area contributed by atoms with E-state index in [2.05, 4.69) is 6.58 Å². The van der Waals surface area contributed by atoms with Gasteiger partial charge in [-0.3, -0.25) is 14.4 Å². The molecule has 0 aliphatic carbocycles. The van der Waals surface area contributed by atoms with Crippen molar-refractivity contribution in [2.75, 3.05) is 14.2 Å². The van der Waals surface area contributed by atoms with Crippen LogP contribution in [0.15, 0.2) is 12.7 Å². The van der Waals surface area contributed by atoms with Gasteiger partial charge < -0.3 is 5.32 Å². The van der Waals surface area contributed by atoms with Crippen LogP contribution in [0, 0.1) is 5.92 Å². The van der Waals surface area contributed by atoms with Gasteiger partial charge in [0, 0.05) is 19.0 Å². The number of hydroxylamine groups is 2. The maximum atomic E-state index is 12.1. The molecule has 5 nitrogen and oxygen atoms in total. The molecule has 8 heteroatoms. The Kier molecular flexibility index (Phi) is 7.26. The highest BCUT2D eigenvalue weighted by Crippen LogP contribution is 2.18. The highest BCUT2D eigenvalue weighted by molar-refractivity contribution is 5.82. The summed E-state index contributed by atoms with van der Waals surface area (Å²) in [5.41, 5.74) is 0. The number of allylic oxidation sites excluding steroid dienone is 1. The van der Waals surface area contributed by atoms with E-state index in [1.807, 2.05) is 5.32 Å². The summed E-state index contributed by atoms with van der Waals surface area (Å²) in [7, 11) is 2.70. The van der Waals surface area contributed by atoms with Gasteiger partial charge in [-0.15, -0.1) is 6.58 Å². The lowest BCUT2D eigenvalue weighted by Crippen LogP contribution is -2.44. The van der Waals surface area contributed by atoms with E-state index >= 15 is 0 Å². The Morgan fingerprint density at radius 1 is 1.45 bits per heavy atom. The van der Waals surface area contributed by atoms with Crippen LogP contribution >= 0.6 is 0 Å². The quantitative estimate of drug-likeness (QED) is 0.574. The maximum Gasteiger partial charge on any atom is 0.471 e. The van der Waals surface area contributed by atoms with Crippen LogP contribution in [0.1, 0.15) is 19.8 Å². The first-order chi connectivity index (χ1) is 9.13. The van der Waals surface area contributed by atoms with Gasteiger partial charge in [0.2, 0.25) is 5.91 Å². The number of hydrogen-bond acceptors (Lipinski definition) is 3. The molecule has 2 atom stereocenters. The van der Waals surface area contributed by atoms with Crippen molar-refractivity contribution in [2.45, 2.75) is 32.0 Å². The van der Waals surface area contributed by atoms with E-state index in [-0.39, 0.29) is 18.7 Å². The second-order valence-electron chi connectivity index (χ2n) is 4.35. The Labute approximate surface area is 115 Å². The molecular weight excluding hydrogens is 277 g/mol. The summed E-state index contributed by atoms with van der Waals surface area (Å²) in [6, 6.07) is -0.803. The maximum absolute atomic E-state index is 12.1. The van der Waals surface area contributed by atoms with Gasteiger partial charge in [-0.05, 0) is 19.8 Å². The molecule has 0 heterocycles. The van der Waals surface area contributed by atoms with Crippen LogP contribution in [0.5, 0.6) is 0 Å². The Balaban J connectivity index is 4.63. The largest absolute Gasteiger partial charge is 0.471 e. The van der Waals surface area contributed by atoms with Crippen molar-refractivity contribution in [3.8, 4) is 0 Å². The van der Waals surface area contributed by atoms with Crippen molar-refractivity contribution in [1.82, 2.24) is 10.4 Å². The lowest BCUT2D eigenvalue weighted by atomic mass is 9.96. The smallest absolute Gasteiger partial charge is 0.346 e. The zero-order valence-electron chi connectivity index (χ0n) is 11.7. The van der Waals surface area contributed by atoms with Crippen LogP contribution in [0.25, 0.3) is 0 Å². The molecule has 2 amide bonds. The number of nitrogens with one attached hydrogen (secondary N) is 1. The Bertz CT molecular complexity index is 358. The fourth-order valence-corrected chi connectivity index (χ4v) is 1.64. The van der Waals surface area contributed by atoms with Crippen molar-refractivity contribution in [1.29, 1.82) is 0 Å². The summed E-state index contributed by atoms with van der Waals surface area (Å²) in [4.78, 5) is 27.4. The number of halogens is 3. The van der Waals surface area contributed by atoms with E-state index in [1.165, 1.54) is 27.2 Å². The molecule has 116 valence electrons. The zero-order valence-corrected chi connectivity index (χ0v) is 11.7. The molecule has 0 fully saturated rings. The fourth-order valence-electron chi connectivity index (χ4n) is 1.64. The number of rotatable bonds is 7. The highest BCUT2D eigenvalue weighted by Gasteiger charge is 2.39. The third-order valence-corrected chi connectivity index (χ3v) is 2.66. The molecule has 0 spiro atoms. The van der Waals surface area contributed by atoms with Crippen molar-refractivity contribution < 1.29 is 27.6 Å². The molecule has 0 aliphatic rings. The molecule has 0 radical (unpaired) electrons. The first kappa shape index (κ1) is 18.4. The Morgan fingerprint density at radius 2 is 2.00 bits per heavy atom. The molecule has 0 aromatic rings. The summed E-state index contributed by atoms with van der Waals surface area (Å²) in [5, 5.41) is 2.80. The molecule has 0 unspecified atom stereocenters. The van der Waals surface area contributed by atoms with Crippen LogP contribution in [0.2, 0.25) is 0 Å². The van der Waals surface area contributed by atoms with Crippen LogP contribution in [-0.4, -0.2) is 43.3 Å². The standard InChI is InChI=1S/C12H19F3N2O3/c1-5-6-9(10(18)17(3)20-4)7-8(2)16-11(19)12(13,14)15/h5,8-9H,1,6-7H2,2-4H3,(H,16,19)/t8-,9-/m0/s1. The molecule has 0 saturated carbocycles. The summed E-state index contributed by atoms with van der Waals surface area (Å²) in [6.45, 7) is 4.90. The van der Waals surface area contributed by atoms with E-state index in [4.69, 9.17) is 4.84 Å². The van der Waals surface area contributed by atoms with Crippen LogP contribution in [-0.2, 0) is 14.4 Å². The molecular formula is C12H19F3N2O3. The van der Waals surface area contributed by atoms with Gasteiger partial charge in [-0.25, -0.2) is 5.06 Å². The summed E-state index contributed by atoms with van der Waals surface area (Å²) in [6.07, 6.45) is -3.11. The SMILES string of the molecule is C=CC[C@@H](C[C@H](C)NC(=O)C(F)(F)F)C(=O)N(C)OC. The fraction of sp³-hybridized carbons (Fsp3) is 0.667. The van der Waals surface area contributed by atoms with Crippen molar-refractivity contribution in [3.63, 3.8) is 0 Å². The minimum atomic E-state index is -4.93. The van der Waals surface area contributed by atoms with Gasteiger partial charge in [0.05, 0.1) is 7.11 Å². The third-order valence-electron chi connectivity index (χ3n) is 2.66. The minimum Gasteiger partial charge on any atom is -0.346 e. The second-order valence-corrected chi connectivity index (χ2v) is 4.35. The highest BCUT2D eigenvalue weighted by atomic mass is 19.4. The van der Waals surface area contributed by atoms with E-state index < -0.39 is 24.0 Å². The number of carbonyl (C=O) groups excluding carboxylic acids is 2. The van der Waals surface area contributed by atoms with E-state index in [0.29, 0.717) is 0 Å². The van der Waals surface area contributed by atoms with Gasteiger partial charge in [0.15, 0.2) is 0 Å². The molecule has 0 rings (SSSR count). The number of amides is 2. The molecule has 0 aromatic heterocycles. The zero-order chi connectivity index (χ0) is 15.9. The number of carbonyl (C=O) groups is 2. The van der Waals surface area contributed by atoms with Crippen molar-refractivity contribution >= 4 is 11.8 Å². The second kappa shape index (κ2) is 7.88. The predicted octanol–water partition coefficient (Wildman–Crippen LogP) is 1.66. The number of hydrogen-bond donors (Lipinski definition) is 1.